The summed E-state index contributed by atoms with van der Waals surface area (Å²) in [6.45, 7) is 1.91. The van der Waals surface area contributed by atoms with Crippen LogP contribution < -0.4 is 5.32 Å². The Morgan fingerprint density at radius 3 is 3.00 bits per heavy atom. The molecule has 62 valence electrons. The Hall–Kier alpha value is -0.830. The molecule has 2 rings (SSSR count). The second-order valence-electron chi connectivity index (χ2n) is 2.94. The van der Waals surface area contributed by atoms with Crippen LogP contribution in [-0.2, 0) is 4.79 Å². The van der Waals surface area contributed by atoms with Gasteiger partial charge in [0.25, 0.3) is 0 Å². The van der Waals surface area contributed by atoms with E-state index in [1.54, 1.807) is 0 Å². The van der Waals surface area contributed by atoms with Gasteiger partial charge in [-0.3, -0.25) is 4.79 Å². The first-order chi connectivity index (χ1) is 5.68. The molecule has 1 atom stereocenters. The first-order valence-electron chi connectivity index (χ1n) is 3.79. The lowest BCUT2D eigenvalue weighted by Gasteiger charge is -2.00. The number of halogens is 1. The van der Waals surface area contributed by atoms with Crippen molar-refractivity contribution in [2.24, 2.45) is 0 Å². The number of amides is 1. The largest absolute Gasteiger partial charge is 0.325 e. The third kappa shape index (κ3) is 1.05. The van der Waals surface area contributed by atoms with Crippen LogP contribution in [0.2, 0.25) is 0 Å². The Labute approximate surface area is 79.1 Å². The predicted octanol–water partition coefficient (Wildman–Crippen LogP) is 2.50. The minimum absolute atomic E-state index is 0.0162. The molecule has 0 radical (unpaired) electrons. The molecule has 1 aliphatic heterocycles. The van der Waals surface area contributed by atoms with Crippen LogP contribution in [0.1, 0.15) is 18.4 Å². The number of nitrogens with one attached hydrogen (secondary N) is 1. The minimum atomic E-state index is -0.0162. The van der Waals surface area contributed by atoms with Crippen LogP contribution in [0.15, 0.2) is 22.7 Å². The van der Waals surface area contributed by atoms with E-state index in [2.05, 4.69) is 21.2 Å². The maximum Gasteiger partial charge on any atom is 0.231 e. The first kappa shape index (κ1) is 7.80. The fourth-order valence-electron chi connectivity index (χ4n) is 1.39. The standard InChI is InChI=1S/C9H8BrNO/c1-5-7-4-6(10)2-3-8(7)11-9(5)12/h2-5H,1H3,(H,11,12)/t5-/m0/s1. The Morgan fingerprint density at radius 1 is 1.50 bits per heavy atom. The second-order valence-corrected chi connectivity index (χ2v) is 3.86. The SMILES string of the molecule is C[C@@H]1C(=O)Nc2ccc(Br)cc21. The van der Waals surface area contributed by atoms with Crippen LogP contribution in [0, 0.1) is 0 Å². The molecular formula is C9H8BrNO. The van der Waals surface area contributed by atoms with Crippen molar-refractivity contribution in [2.45, 2.75) is 12.8 Å². The van der Waals surface area contributed by atoms with Gasteiger partial charge in [-0.25, -0.2) is 0 Å². The summed E-state index contributed by atoms with van der Waals surface area (Å²) in [7, 11) is 0. The molecular weight excluding hydrogens is 218 g/mol. The van der Waals surface area contributed by atoms with E-state index >= 15 is 0 Å². The highest BCUT2D eigenvalue weighted by atomic mass is 79.9. The molecule has 0 fully saturated rings. The molecule has 1 amide bonds. The molecule has 1 aliphatic rings. The van der Waals surface area contributed by atoms with Crippen molar-refractivity contribution < 1.29 is 4.79 Å². The van der Waals surface area contributed by atoms with E-state index in [1.807, 2.05) is 25.1 Å². The quantitative estimate of drug-likeness (QED) is 0.723. The van der Waals surface area contributed by atoms with E-state index in [0.29, 0.717) is 0 Å². The van der Waals surface area contributed by atoms with E-state index in [1.165, 1.54) is 0 Å². The monoisotopic (exact) mass is 225 g/mol. The number of hydrogen-bond donors (Lipinski definition) is 1. The Kier molecular flexibility index (Phi) is 1.68. The number of hydrogen-bond acceptors (Lipinski definition) is 1. The first-order valence-corrected chi connectivity index (χ1v) is 4.58. The van der Waals surface area contributed by atoms with Crippen LogP contribution in [-0.4, -0.2) is 5.91 Å². The zero-order valence-electron chi connectivity index (χ0n) is 6.60. The summed E-state index contributed by atoms with van der Waals surface area (Å²) in [6.07, 6.45) is 0. The molecule has 0 unspecified atom stereocenters. The average Bonchev–Trinajstić information content (AvgIpc) is 2.31. The molecule has 0 saturated carbocycles. The lowest BCUT2D eigenvalue weighted by molar-refractivity contribution is -0.116. The van der Waals surface area contributed by atoms with Gasteiger partial charge in [0.1, 0.15) is 0 Å². The van der Waals surface area contributed by atoms with Gasteiger partial charge in [0, 0.05) is 10.2 Å². The lowest BCUT2D eigenvalue weighted by Crippen LogP contribution is -2.08. The number of rotatable bonds is 0. The van der Waals surface area contributed by atoms with Gasteiger partial charge in [0.2, 0.25) is 5.91 Å². The van der Waals surface area contributed by atoms with Crippen molar-refractivity contribution in [3.05, 3.63) is 28.2 Å². The topological polar surface area (TPSA) is 29.1 Å². The maximum atomic E-state index is 11.2. The fraction of sp³-hybridized carbons (Fsp3) is 0.222. The number of carbonyl (C=O) groups is 1. The molecule has 3 heteroatoms. The summed E-state index contributed by atoms with van der Waals surface area (Å²) in [4.78, 5) is 11.2. The van der Waals surface area contributed by atoms with Gasteiger partial charge < -0.3 is 5.32 Å². The van der Waals surface area contributed by atoms with E-state index in [4.69, 9.17) is 0 Å². The molecule has 0 aromatic heterocycles. The molecule has 12 heavy (non-hydrogen) atoms. The van der Waals surface area contributed by atoms with E-state index in [-0.39, 0.29) is 11.8 Å². The summed E-state index contributed by atoms with van der Waals surface area (Å²) in [5.74, 6) is 0.0700. The van der Waals surface area contributed by atoms with E-state index in [0.717, 1.165) is 15.7 Å². The number of anilines is 1. The summed E-state index contributed by atoms with van der Waals surface area (Å²) in [5.41, 5.74) is 2.02. The molecule has 1 N–H and O–H groups in total. The number of carbonyl (C=O) groups excluding carboxylic acids is 1. The maximum absolute atomic E-state index is 11.2. The Morgan fingerprint density at radius 2 is 2.25 bits per heavy atom. The van der Waals surface area contributed by atoms with Crippen molar-refractivity contribution in [3.63, 3.8) is 0 Å². The average molecular weight is 226 g/mol. The van der Waals surface area contributed by atoms with Crippen LogP contribution in [0.3, 0.4) is 0 Å². The molecule has 2 nitrogen and oxygen atoms in total. The van der Waals surface area contributed by atoms with E-state index in [9.17, 15) is 4.79 Å². The Balaban J connectivity index is 2.55. The van der Waals surface area contributed by atoms with Crippen LogP contribution in [0.25, 0.3) is 0 Å². The van der Waals surface area contributed by atoms with Crippen LogP contribution in [0.5, 0.6) is 0 Å². The van der Waals surface area contributed by atoms with Crippen LogP contribution in [0.4, 0.5) is 5.69 Å². The molecule has 1 aromatic rings. The zero-order chi connectivity index (χ0) is 8.72. The molecule has 0 aliphatic carbocycles. The van der Waals surface area contributed by atoms with Gasteiger partial charge in [-0.1, -0.05) is 15.9 Å². The molecule has 0 bridgehead atoms. The number of fused-ring (bicyclic) bond motifs is 1. The molecule has 0 spiro atoms. The summed E-state index contributed by atoms with van der Waals surface area (Å²) in [5, 5.41) is 2.81. The van der Waals surface area contributed by atoms with Gasteiger partial charge in [-0.15, -0.1) is 0 Å². The van der Waals surface area contributed by atoms with Gasteiger partial charge in [0.15, 0.2) is 0 Å². The van der Waals surface area contributed by atoms with Crippen molar-refractivity contribution in [1.82, 2.24) is 0 Å². The third-order valence-electron chi connectivity index (χ3n) is 2.13. The van der Waals surface area contributed by atoms with E-state index < -0.39 is 0 Å². The normalized spacial score (nSPS) is 20.5. The summed E-state index contributed by atoms with van der Waals surface area (Å²) < 4.78 is 1.02. The van der Waals surface area contributed by atoms with Crippen LogP contribution >= 0.6 is 15.9 Å². The third-order valence-corrected chi connectivity index (χ3v) is 2.62. The molecule has 0 saturated heterocycles. The van der Waals surface area contributed by atoms with Crippen molar-refractivity contribution in [2.75, 3.05) is 5.32 Å². The summed E-state index contributed by atoms with van der Waals surface area (Å²) in [6, 6.07) is 5.83. The van der Waals surface area contributed by atoms with Crippen molar-refractivity contribution in [3.8, 4) is 0 Å². The number of benzene rings is 1. The smallest absolute Gasteiger partial charge is 0.231 e. The predicted molar refractivity (Wildman–Crippen MR) is 51.2 cm³/mol. The highest BCUT2D eigenvalue weighted by Gasteiger charge is 2.25. The van der Waals surface area contributed by atoms with Gasteiger partial charge in [-0.2, -0.15) is 0 Å². The highest BCUT2D eigenvalue weighted by molar-refractivity contribution is 9.10. The fourth-order valence-corrected chi connectivity index (χ4v) is 1.77. The van der Waals surface area contributed by atoms with Crippen molar-refractivity contribution in [1.29, 1.82) is 0 Å². The molecule has 1 heterocycles. The molecule has 1 aromatic carbocycles. The van der Waals surface area contributed by atoms with Gasteiger partial charge in [-0.05, 0) is 30.7 Å². The van der Waals surface area contributed by atoms with Gasteiger partial charge >= 0.3 is 0 Å². The Bertz CT molecular complexity index is 348. The van der Waals surface area contributed by atoms with Crippen molar-refractivity contribution >= 4 is 27.5 Å². The lowest BCUT2D eigenvalue weighted by atomic mass is 10.0. The van der Waals surface area contributed by atoms with Gasteiger partial charge in [0.05, 0.1) is 5.92 Å². The minimum Gasteiger partial charge on any atom is -0.325 e. The highest BCUT2D eigenvalue weighted by Crippen LogP contribution is 2.33. The summed E-state index contributed by atoms with van der Waals surface area (Å²) >= 11 is 3.37. The second kappa shape index (κ2) is 2.59. The zero-order valence-corrected chi connectivity index (χ0v) is 8.18.